The van der Waals surface area contributed by atoms with Gasteiger partial charge in [-0.25, -0.2) is 0 Å². The molecule has 1 heterocycles. The topological polar surface area (TPSA) is 29.3 Å². The van der Waals surface area contributed by atoms with Crippen molar-refractivity contribution in [3.05, 3.63) is 23.8 Å². The zero-order chi connectivity index (χ0) is 10.1. The number of rotatable bonds is 1. The fourth-order valence-electron chi connectivity index (χ4n) is 2.19. The molecular weight excluding hydrogens is 172 g/mol. The van der Waals surface area contributed by atoms with Gasteiger partial charge < -0.3 is 10.6 Å². The van der Waals surface area contributed by atoms with Crippen molar-refractivity contribution in [3.63, 3.8) is 0 Å². The van der Waals surface area contributed by atoms with Gasteiger partial charge in [0.15, 0.2) is 0 Å². The molecule has 1 aliphatic heterocycles. The Hall–Kier alpha value is -1.18. The maximum atomic E-state index is 5.73. The van der Waals surface area contributed by atoms with Crippen LogP contribution in [0.25, 0.3) is 0 Å². The van der Waals surface area contributed by atoms with E-state index in [-0.39, 0.29) is 0 Å². The van der Waals surface area contributed by atoms with Gasteiger partial charge in [0.1, 0.15) is 0 Å². The molecule has 2 nitrogen and oxygen atoms in total. The maximum absolute atomic E-state index is 5.73. The summed E-state index contributed by atoms with van der Waals surface area (Å²) in [5.74, 6) is 0.826. The normalized spacial score (nSPS) is 21.6. The predicted molar refractivity (Wildman–Crippen MR) is 61.6 cm³/mol. The van der Waals surface area contributed by atoms with Crippen molar-refractivity contribution in [2.45, 2.75) is 20.3 Å². The van der Waals surface area contributed by atoms with Crippen LogP contribution >= 0.6 is 0 Å². The Kier molecular flexibility index (Phi) is 2.36. The molecule has 14 heavy (non-hydrogen) atoms. The second-order valence-corrected chi connectivity index (χ2v) is 4.39. The average molecular weight is 190 g/mol. The fraction of sp³-hybridized carbons (Fsp3) is 0.500. The Morgan fingerprint density at radius 3 is 2.79 bits per heavy atom. The zero-order valence-corrected chi connectivity index (χ0v) is 8.96. The van der Waals surface area contributed by atoms with Crippen LogP contribution in [0.4, 0.5) is 11.4 Å². The standard InChI is InChI=1S/C12H18N2/c1-9-5-6-14(8-9)12-4-3-11(13)7-10(12)2/h3-4,7,9H,5-6,8,13H2,1-2H3. The molecule has 2 N–H and O–H groups in total. The van der Waals surface area contributed by atoms with Crippen LogP contribution in [0.5, 0.6) is 0 Å². The summed E-state index contributed by atoms with van der Waals surface area (Å²) in [5, 5.41) is 0. The molecule has 1 fully saturated rings. The number of benzene rings is 1. The molecule has 2 rings (SSSR count). The summed E-state index contributed by atoms with van der Waals surface area (Å²) in [7, 11) is 0. The molecule has 0 spiro atoms. The highest BCUT2D eigenvalue weighted by molar-refractivity contribution is 5.59. The monoisotopic (exact) mass is 190 g/mol. The van der Waals surface area contributed by atoms with E-state index in [4.69, 9.17) is 5.73 Å². The average Bonchev–Trinajstić information content (AvgIpc) is 2.51. The summed E-state index contributed by atoms with van der Waals surface area (Å²) in [6.07, 6.45) is 1.31. The Morgan fingerprint density at radius 1 is 1.43 bits per heavy atom. The minimum Gasteiger partial charge on any atom is -0.399 e. The van der Waals surface area contributed by atoms with Gasteiger partial charge in [0.2, 0.25) is 0 Å². The number of hydrogen-bond acceptors (Lipinski definition) is 2. The Balaban J connectivity index is 2.24. The maximum Gasteiger partial charge on any atom is 0.0397 e. The predicted octanol–water partition coefficient (Wildman–Crippen LogP) is 2.42. The van der Waals surface area contributed by atoms with E-state index in [0.29, 0.717) is 0 Å². The van der Waals surface area contributed by atoms with Crippen molar-refractivity contribution in [1.29, 1.82) is 0 Å². The molecule has 76 valence electrons. The van der Waals surface area contributed by atoms with Crippen LogP contribution in [-0.2, 0) is 0 Å². The van der Waals surface area contributed by atoms with E-state index < -0.39 is 0 Å². The molecule has 0 amide bonds. The first kappa shape index (κ1) is 9.38. The van der Waals surface area contributed by atoms with Gasteiger partial charge in [0, 0.05) is 24.5 Å². The molecule has 1 aromatic rings. The summed E-state index contributed by atoms with van der Waals surface area (Å²) in [6, 6.07) is 6.19. The van der Waals surface area contributed by atoms with Gasteiger partial charge in [-0.05, 0) is 43.0 Å². The van der Waals surface area contributed by atoms with E-state index in [1.807, 2.05) is 6.07 Å². The Bertz CT molecular complexity index is 333. The third-order valence-corrected chi connectivity index (χ3v) is 2.99. The van der Waals surface area contributed by atoms with E-state index in [1.165, 1.54) is 30.8 Å². The van der Waals surface area contributed by atoms with Crippen LogP contribution in [0.3, 0.4) is 0 Å². The van der Waals surface area contributed by atoms with Crippen molar-refractivity contribution in [1.82, 2.24) is 0 Å². The minimum atomic E-state index is 0.826. The lowest BCUT2D eigenvalue weighted by Crippen LogP contribution is -2.19. The molecule has 0 saturated carbocycles. The lowest BCUT2D eigenvalue weighted by Gasteiger charge is -2.20. The van der Waals surface area contributed by atoms with Gasteiger partial charge in [-0.2, -0.15) is 0 Å². The Morgan fingerprint density at radius 2 is 2.21 bits per heavy atom. The second-order valence-electron chi connectivity index (χ2n) is 4.39. The summed E-state index contributed by atoms with van der Waals surface area (Å²) >= 11 is 0. The molecule has 0 aliphatic carbocycles. The van der Waals surface area contributed by atoms with Crippen LogP contribution in [-0.4, -0.2) is 13.1 Å². The second kappa shape index (κ2) is 3.52. The van der Waals surface area contributed by atoms with Gasteiger partial charge in [0.05, 0.1) is 0 Å². The number of nitrogens with two attached hydrogens (primary N) is 1. The van der Waals surface area contributed by atoms with E-state index in [9.17, 15) is 0 Å². The molecule has 0 aromatic heterocycles. The van der Waals surface area contributed by atoms with Crippen molar-refractivity contribution in [3.8, 4) is 0 Å². The molecule has 0 bridgehead atoms. The third kappa shape index (κ3) is 1.69. The van der Waals surface area contributed by atoms with Gasteiger partial charge in [-0.1, -0.05) is 6.92 Å². The number of nitrogen functional groups attached to an aromatic ring is 1. The van der Waals surface area contributed by atoms with Crippen LogP contribution in [0.1, 0.15) is 18.9 Å². The molecule has 1 unspecified atom stereocenters. The first-order chi connectivity index (χ1) is 6.66. The van der Waals surface area contributed by atoms with Crippen LogP contribution in [0, 0.1) is 12.8 Å². The highest BCUT2D eigenvalue weighted by Gasteiger charge is 2.19. The van der Waals surface area contributed by atoms with Crippen molar-refractivity contribution < 1.29 is 0 Å². The van der Waals surface area contributed by atoms with Crippen LogP contribution in [0.15, 0.2) is 18.2 Å². The van der Waals surface area contributed by atoms with Gasteiger partial charge in [0.25, 0.3) is 0 Å². The largest absolute Gasteiger partial charge is 0.399 e. The van der Waals surface area contributed by atoms with Gasteiger partial charge in [-0.3, -0.25) is 0 Å². The smallest absolute Gasteiger partial charge is 0.0397 e. The lowest BCUT2D eigenvalue weighted by atomic mass is 10.1. The van der Waals surface area contributed by atoms with E-state index in [1.54, 1.807) is 0 Å². The highest BCUT2D eigenvalue weighted by Crippen LogP contribution is 2.27. The molecule has 2 heteroatoms. The molecule has 1 saturated heterocycles. The van der Waals surface area contributed by atoms with Crippen molar-refractivity contribution in [2.24, 2.45) is 5.92 Å². The third-order valence-electron chi connectivity index (χ3n) is 2.99. The molecule has 1 aliphatic rings. The van der Waals surface area contributed by atoms with Crippen LogP contribution in [0.2, 0.25) is 0 Å². The number of aryl methyl sites for hydroxylation is 1. The first-order valence-corrected chi connectivity index (χ1v) is 5.28. The number of anilines is 2. The van der Waals surface area contributed by atoms with E-state index in [0.717, 1.165) is 11.6 Å². The van der Waals surface area contributed by atoms with Gasteiger partial charge in [-0.15, -0.1) is 0 Å². The highest BCUT2D eigenvalue weighted by atomic mass is 15.1. The summed E-state index contributed by atoms with van der Waals surface area (Å²) in [6.45, 7) is 6.82. The van der Waals surface area contributed by atoms with E-state index in [2.05, 4.69) is 30.9 Å². The van der Waals surface area contributed by atoms with Gasteiger partial charge >= 0.3 is 0 Å². The van der Waals surface area contributed by atoms with E-state index >= 15 is 0 Å². The first-order valence-electron chi connectivity index (χ1n) is 5.28. The summed E-state index contributed by atoms with van der Waals surface area (Å²) in [4.78, 5) is 2.46. The fourth-order valence-corrected chi connectivity index (χ4v) is 2.19. The number of nitrogens with zero attached hydrogens (tertiary/aromatic N) is 1. The lowest BCUT2D eigenvalue weighted by molar-refractivity contribution is 0.659. The minimum absolute atomic E-state index is 0.826. The summed E-state index contributed by atoms with van der Waals surface area (Å²) < 4.78 is 0. The molecule has 1 aromatic carbocycles. The van der Waals surface area contributed by atoms with Crippen molar-refractivity contribution in [2.75, 3.05) is 23.7 Å². The SMILES string of the molecule is Cc1cc(N)ccc1N1CCC(C)C1. The number of hydrogen-bond donors (Lipinski definition) is 1. The summed E-state index contributed by atoms with van der Waals surface area (Å²) in [5.41, 5.74) is 9.24. The zero-order valence-electron chi connectivity index (χ0n) is 8.96. The molecule has 1 atom stereocenters. The molecular formula is C12H18N2. The van der Waals surface area contributed by atoms with Crippen molar-refractivity contribution >= 4 is 11.4 Å². The van der Waals surface area contributed by atoms with Crippen LogP contribution < -0.4 is 10.6 Å². The Labute approximate surface area is 85.7 Å². The quantitative estimate of drug-likeness (QED) is 0.689. The molecule has 0 radical (unpaired) electrons.